The summed E-state index contributed by atoms with van der Waals surface area (Å²) in [6.07, 6.45) is 3.32. The average Bonchev–Trinajstić information content (AvgIpc) is 2.89. The SMILES string of the molecule is CCOC(=O)c1ccc(-c2ccc(OCCCNC)c(-c3ccc4c(c3)C(C)(C)CCC4(C)C)c2)cc1. The third-order valence-corrected chi connectivity index (χ3v) is 7.70. The lowest BCUT2D eigenvalue weighted by Crippen LogP contribution is -2.33. The minimum atomic E-state index is -0.292. The summed E-state index contributed by atoms with van der Waals surface area (Å²) in [5.41, 5.74) is 8.18. The van der Waals surface area contributed by atoms with Crippen molar-refractivity contribution in [3.05, 3.63) is 77.4 Å². The molecule has 1 aliphatic carbocycles. The Hall–Kier alpha value is -3.11. The topological polar surface area (TPSA) is 47.6 Å². The average molecular weight is 500 g/mol. The van der Waals surface area contributed by atoms with Crippen LogP contribution in [0.2, 0.25) is 0 Å². The predicted molar refractivity (Wildman–Crippen MR) is 153 cm³/mol. The van der Waals surface area contributed by atoms with Gasteiger partial charge in [0.25, 0.3) is 0 Å². The van der Waals surface area contributed by atoms with Crippen LogP contribution in [0.1, 0.15) is 75.4 Å². The first-order valence-corrected chi connectivity index (χ1v) is 13.5. The Balaban J connectivity index is 1.75. The molecule has 0 saturated carbocycles. The normalized spacial score (nSPS) is 15.6. The van der Waals surface area contributed by atoms with Crippen molar-refractivity contribution in [1.29, 1.82) is 0 Å². The molecule has 0 amide bonds. The Kier molecular flexibility index (Phi) is 8.08. The highest BCUT2D eigenvalue weighted by molar-refractivity contribution is 5.90. The Bertz CT molecular complexity index is 1240. The molecule has 0 aromatic heterocycles. The van der Waals surface area contributed by atoms with Crippen LogP contribution >= 0.6 is 0 Å². The fourth-order valence-corrected chi connectivity index (χ4v) is 5.26. The Morgan fingerprint density at radius 2 is 1.49 bits per heavy atom. The molecule has 0 radical (unpaired) electrons. The largest absolute Gasteiger partial charge is 0.493 e. The van der Waals surface area contributed by atoms with Crippen molar-refractivity contribution >= 4 is 5.97 Å². The van der Waals surface area contributed by atoms with E-state index in [1.165, 1.54) is 29.5 Å². The van der Waals surface area contributed by atoms with Crippen LogP contribution in [0.15, 0.2) is 60.7 Å². The molecule has 4 nitrogen and oxygen atoms in total. The maximum atomic E-state index is 12.1. The summed E-state index contributed by atoms with van der Waals surface area (Å²) in [6, 6.07) is 21.0. The second-order valence-corrected chi connectivity index (χ2v) is 11.3. The van der Waals surface area contributed by atoms with Gasteiger partial charge in [-0.15, -0.1) is 0 Å². The van der Waals surface area contributed by atoms with Gasteiger partial charge in [-0.05, 0) is 103 Å². The first-order chi connectivity index (χ1) is 17.7. The number of carbonyl (C=O) groups excluding carboxylic acids is 1. The van der Waals surface area contributed by atoms with E-state index in [1.54, 1.807) is 0 Å². The van der Waals surface area contributed by atoms with Gasteiger partial charge in [0.2, 0.25) is 0 Å². The third-order valence-electron chi connectivity index (χ3n) is 7.70. The van der Waals surface area contributed by atoms with Crippen LogP contribution in [0.3, 0.4) is 0 Å². The number of fused-ring (bicyclic) bond motifs is 1. The van der Waals surface area contributed by atoms with Crippen LogP contribution in [0.4, 0.5) is 0 Å². The van der Waals surface area contributed by atoms with E-state index in [9.17, 15) is 4.79 Å². The Labute approximate surface area is 222 Å². The summed E-state index contributed by atoms with van der Waals surface area (Å²) in [4.78, 5) is 12.1. The van der Waals surface area contributed by atoms with Gasteiger partial charge < -0.3 is 14.8 Å². The van der Waals surface area contributed by atoms with Gasteiger partial charge in [0.1, 0.15) is 5.75 Å². The first kappa shape index (κ1) is 26.9. The molecule has 0 aliphatic heterocycles. The number of hydrogen-bond donors (Lipinski definition) is 1. The molecule has 3 aromatic rings. The van der Waals surface area contributed by atoms with Gasteiger partial charge in [-0.3, -0.25) is 0 Å². The smallest absolute Gasteiger partial charge is 0.338 e. The molecule has 0 spiro atoms. The van der Waals surface area contributed by atoms with Crippen LogP contribution in [0, 0.1) is 0 Å². The van der Waals surface area contributed by atoms with Gasteiger partial charge in [-0.25, -0.2) is 4.79 Å². The maximum absolute atomic E-state index is 12.1. The number of nitrogens with one attached hydrogen (secondary N) is 1. The van der Waals surface area contributed by atoms with Gasteiger partial charge in [-0.2, -0.15) is 0 Å². The summed E-state index contributed by atoms with van der Waals surface area (Å²) >= 11 is 0. The van der Waals surface area contributed by atoms with E-state index in [4.69, 9.17) is 9.47 Å². The highest BCUT2D eigenvalue weighted by atomic mass is 16.5. The zero-order valence-electron chi connectivity index (χ0n) is 23.2. The summed E-state index contributed by atoms with van der Waals surface area (Å²) in [5.74, 6) is 0.607. The van der Waals surface area contributed by atoms with Crippen molar-refractivity contribution in [2.75, 3.05) is 26.8 Å². The summed E-state index contributed by atoms with van der Waals surface area (Å²) in [5, 5.41) is 3.19. The highest BCUT2D eigenvalue weighted by Gasteiger charge is 2.37. The highest BCUT2D eigenvalue weighted by Crippen LogP contribution is 2.47. The molecule has 1 N–H and O–H groups in total. The lowest BCUT2D eigenvalue weighted by molar-refractivity contribution is 0.0526. The van der Waals surface area contributed by atoms with Crippen LogP contribution < -0.4 is 10.1 Å². The van der Waals surface area contributed by atoms with Crippen LogP contribution in [-0.4, -0.2) is 32.8 Å². The van der Waals surface area contributed by atoms with E-state index in [1.807, 2.05) is 38.2 Å². The molecule has 37 heavy (non-hydrogen) atoms. The van der Waals surface area contributed by atoms with E-state index in [0.717, 1.165) is 35.4 Å². The number of esters is 1. The zero-order valence-corrected chi connectivity index (χ0v) is 23.2. The van der Waals surface area contributed by atoms with E-state index < -0.39 is 0 Å². The van der Waals surface area contributed by atoms with E-state index >= 15 is 0 Å². The lowest BCUT2D eigenvalue weighted by Gasteiger charge is -2.42. The van der Waals surface area contributed by atoms with E-state index in [-0.39, 0.29) is 16.8 Å². The van der Waals surface area contributed by atoms with Crippen LogP contribution in [0.5, 0.6) is 5.75 Å². The molecule has 0 heterocycles. The number of hydrogen-bond acceptors (Lipinski definition) is 4. The monoisotopic (exact) mass is 499 g/mol. The maximum Gasteiger partial charge on any atom is 0.338 e. The van der Waals surface area contributed by atoms with Gasteiger partial charge in [-0.1, -0.05) is 64.1 Å². The minimum absolute atomic E-state index is 0.134. The van der Waals surface area contributed by atoms with Gasteiger partial charge >= 0.3 is 5.97 Å². The number of rotatable bonds is 9. The van der Waals surface area contributed by atoms with Crippen LogP contribution in [0.25, 0.3) is 22.3 Å². The molecule has 0 unspecified atom stereocenters. The summed E-state index contributed by atoms with van der Waals surface area (Å²) < 4.78 is 11.4. The molecular formula is C33H41NO3. The van der Waals surface area contributed by atoms with Crippen molar-refractivity contribution in [3.8, 4) is 28.0 Å². The fraction of sp³-hybridized carbons (Fsp3) is 0.424. The van der Waals surface area contributed by atoms with E-state index in [2.05, 4.69) is 69.4 Å². The molecule has 1 aliphatic rings. The lowest BCUT2D eigenvalue weighted by atomic mass is 9.63. The summed E-state index contributed by atoms with van der Waals surface area (Å²) in [7, 11) is 1.96. The number of carbonyl (C=O) groups is 1. The molecule has 0 atom stereocenters. The molecule has 0 bridgehead atoms. The molecule has 4 heteroatoms. The Morgan fingerprint density at radius 1 is 0.838 bits per heavy atom. The second-order valence-electron chi connectivity index (χ2n) is 11.3. The number of ether oxygens (including phenoxy) is 2. The molecular weight excluding hydrogens is 458 g/mol. The molecule has 0 saturated heterocycles. The van der Waals surface area contributed by atoms with Crippen LogP contribution in [-0.2, 0) is 15.6 Å². The van der Waals surface area contributed by atoms with Gasteiger partial charge in [0, 0.05) is 5.56 Å². The third kappa shape index (κ3) is 5.91. The summed E-state index contributed by atoms with van der Waals surface area (Å²) in [6.45, 7) is 13.2. The van der Waals surface area contributed by atoms with Crippen molar-refractivity contribution in [2.45, 2.75) is 64.7 Å². The van der Waals surface area contributed by atoms with Crippen molar-refractivity contribution < 1.29 is 14.3 Å². The molecule has 196 valence electrons. The fourth-order valence-electron chi connectivity index (χ4n) is 5.26. The van der Waals surface area contributed by atoms with Crippen molar-refractivity contribution in [2.24, 2.45) is 0 Å². The molecule has 4 rings (SSSR count). The van der Waals surface area contributed by atoms with Crippen molar-refractivity contribution in [3.63, 3.8) is 0 Å². The zero-order chi connectivity index (χ0) is 26.6. The predicted octanol–water partition coefficient (Wildman–Crippen LogP) is 7.53. The Morgan fingerprint density at radius 3 is 2.16 bits per heavy atom. The van der Waals surface area contributed by atoms with Gasteiger partial charge in [0.15, 0.2) is 0 Å². The second kappa shape index (κ2) is 11.1. The quantitative estimate of drug-likeness (QED) is 0.244. The first-order valence-electron chi connectivity index (χ1n) is 13.5. The minimum Gasteiger partial charge on any atom is -0.493 e. The van der Waals surface area contributed by atoms with Gasteiger partial charge in [0.05, 0.1) is 18.8 Å². The molecule has 3 aromatic carbocycles. The van der Waals surface area contributed by atoms with E-state index in [0.29, 0.717) is 18.8 Å². The standard InChI is InChI=1S/C33H41NO3/c1-7-36-31(35)24-11-9-23(10-12-24)25-14-16-30(37-20-8-19-34-6)27(21-25)26-13-15-28-29(22-26)33(4,5)18-17-32(28,2)3/h9-16,21-22,34H,7-8,17-20H2,1-6H3. The van der Waals surface area contributed by atoms with Crippen molar-refractivity contribution in [1.82, 2.24) is 5.32 Å². The molecule has 0 fully saturated rings. The number of benzene rings is 3.